The van der Waals surface area contributed by atoms with E-state index in [1.165, 1.54) is 0 Å². The Labute approximate surface area is 73.9 Å². The summed E-state index contributed by atoms with van der Waals surface area (Å²) in [6.45, 7) is 1.58. The van der Waals surface area contributed by atoms with Gasteiger partial charge in [-0.05, 0) is 26.9 Å². The highest BCUT2D eigenvalue weighted by molar-refractivity contribution is 4.96. The number of ether oxygens (including phenoxy) is 1. The molecule has 1 heterocycles. The van der Waals surface area contributed by atoms with Crippen molar-refractivity contribution in [3.8, 4) is 6.07 Å². The molecule has 0 aromatic rings. The molecule has 0 bridgehead atoms. The van der Waals surface area contributed by atoms with Gasteiger partial charge in [-0.15, -0.1) is 0 Å². The first kappa shape index (κ1) is 9.50. The summed E-state index contributed by atoms with van der Waals surface area (Å²) in [5.41, 5.74) is 0.0764. The molecule has 0 radical (unpaired) electrons. The molecular weight excluding hydrogens is 152 g/mol. The maximum atomic E-state index is 8.72. The Hall–Kier alpha value is -0.590. The van der Waals surface area contributed by atoms with Crippen LogP contribution in [0.15, 0.2) is 0 Å². The van der Waals surface area contributed by atoms with Crippen LogP contribution in [0.5, 0.6) is 0 Å². The maximum Gasteiger partial charge on any atom is 0.0641 e. The monoisotopic (exact) mass is 168 g/mol. The van der Waals surface area contributed by atoms with Crippen molar-refractivity contribution in [1.29, 1.82) is 5.26 Å². The molecule has 1 aliphatic heterocycles. The van der Waals surface area contributed by atoms with Gasteiger partial charge in [0.15, 0.2) is 0 Å². The Morgan fingerprint density at radius 2 is 2.00 bits per heavy atom. The van der Waals surface area contributed by atoms with Gasteiger partial charge in [-0.3, -0.25) is 0 Å². The summed E-state index contributed by atoms with van der Waals surface area (Å²) >= 11 is 0. The highest BCUT2D eigenvalue weighted by Crippen LogP contribution is 2.28. The van der Waals surface area contributed by atoms with Crippen LogP contribution in [-0.2, 0) is 4.74 Å². The van der Waals surface area contributed by atoms with Gasteiger partial charge in [0.1, 0.15) is 0 Å². The maximum absolute atomic E-state index is 8.72. The molecule has 68 valence electrons. The molecule has 0 saturated carbocycles. The van der Waals surface area contributed by atoms with Crippen molar-refractivity contribution < 1.29 is 4.74 Å². The highest BCUT2D eigenvalue weighted by atomic mass is 16.5. The summed E-state index contributed by atoms with van der Waals surface area (Å²) in [6.07, 6.45) is 2.57. The largest absolute Gasteiger partial charge is 0.381 e. The first-order valence-corrected chi connectivity index (χ1v) is 4.33. The highest BCUT2D eigenvalue weighted by Gasteiger charge is 2.34. The van der Waals surface area contributed by atoms with Crippen molar-refractivity contribution in [1.82, 2.24) is 4.90 Å². The first-order chi connectivity index (χ1) is 5.71. The first-order valence-electron chi connectivity index (χ1n) is 4.33. The van der Waals surface area contributed by atoms with Gasteiger partial charge in [0, 0.05) is 18.8 Å². The average molecular weight is 168 g/mol. The molecule has 1 saturated heterocycles. The second-order valence-corrected chi connectivity index (χ2v) is 3.57. The number of nitriles is 1. The molecule has 0 spiro atoms. The molecule has 0 unspecified atom stereocenters. The lowest BCUT2D eigenvalue weighted by Gasteiger charge is -2.41. The van der Waals surface area contributed by atoms with E-state index in [2.05, 4.69) is 11.0 Å². The van der Waals surface area contributed by atoms with Crippen molar-refractivity contribution in [2.24, 2.45) is 0 Å². The predicted molar refractivity (Wildman–Crippen MR) is 46.7 cm³/mol. The summed E-state index contributed by atoms with van der Waals surface area (Å²) in [6, 6.07) is 2.26. The van der Waals surface area contributed by atoms with Crippen molar-refractivity contribution in [3.05, 3.63) is 0 Å². The number of nitrogens with zero attached hydrogens (tertiary/aromatic N) is 2. The van der Waals surface area contributed by atoms with E-state index in [4.69, 9.17) is 10.00 Å². The van der Waals surface area contributed by atoms with Crippen LogP contribution in [-0.4, -0.2) is 37.7 Å². The van der Waals surface area contributed by atoms with Crippen LogP contribution in [0.25, 0.3) is 0 Å². The smallest absolute Gasteiger partial charge is 0.0641 e. The SMILES string of the molecule is CN(C)C1(CC#N)CCOCC1. The minimum Gasteiger partial charge on any atom is -0.381 e. The van der Waals surface area contributed by atoms with Gasteiger partial charge >= 0.3 is 0 Å². The van der Waals surface area contributed by atoms with Gasteiger partial charge in [0.25, 0.3) is 0 Å². The van der Waals surface area contributed by atoms with E-state index in [1.54, 1.807) is 0 Å². The van der Waals surface area contributed by atoms with Crippen molar-refractivity contribution in [2.45, 2.75) is 24.8 Å². The van der Waals surface area contributed by atoms with Crippen molar-refractivity contribution in [3.63, 3.8) is 0 Å². The fourth-order valence-corrected chi connectivity index (χ4v) is 1.68. The molecule has 1 aliphatic rings. The molecule has 0 aromatic carbocycles. The third-order valence-corrected chi connectivity index (χ3v) is 2.78. The Morgan fingerprint density at radius 3 is 2.42 bits per heavy atom. The third kappa shape index (κ3) is 1.77. The lowest BCUT2D eigenvalue weighted by atomic mass is 9.86. The van der Waals surface area contributed by atoms with Crippen molar-refractivity contribution in [2.75, 3.05) is 27.3 Å². The van der Waals surface area contributed by atoms with E-state index in [0.29, 0.717) is 6.42 Å². The topological polar surface area (TPSA) is 36.3 Å². The Kier molecular flexibility index (Phi) is 3.07. The molecule has 0 aromatic heterocycles. The van der Waals surface area contributed by atoms with Gasteiger partial charge in [-0.25, -0.2) is 0 Å². The Morgan fingerprint density at radius 1 is 1.42 bits per heavy atom. The minimum atomic E-state index is 0.0764. The summed E-state index contributed by atoms with van der Waals surface area (Å²) in [5, 5.41) is 8.72. The van der Waals surface area contributed by atoms with E-state index in [-0.39, 0.29) is 5.54 Å². The van der Waals surface area contributed by atoms with Crippen LogP contribution in [0.3, 0.4) is 0 Å². The second-order valence-electron chi connectivity index (χ2n) is 3.57. The number of hydrogen-bond acceptors (Lipinski definition) is 3. The molecule has 1 rings (SSSR count). The molecule has 3 heteroatoms. The molecule has 1 fully saturated rings. The van der Waals surface area contributed by atoms with E-state index in [1.807, 2.05) is 14.1 Å². The Bertz CT molecular complexity index is 177. The summed E-state index contributed by atoms with van der Waals surface area (Å²) in [5.74, 6) is 0. The van der Waals surface area contributed by atoms with Crippen LogP contribution >= 0.6 is 0 Å². The second kappa shape index (κ2) is 3.88. The molecule has 0 atom stereocenters. The molecule has 12 heavy (non-hydrogen) atoms. The Balaban J connectivity index is 2.64. The molecular formula is C9H16N2O. The van der Waals surface area contributed by atoms with Crippen LogP contribution in [0.4, 0.5) is 0 Å². The lowest BCUT2D eigenvalue weighted by Crippen LogP contribution is -2.48. The minimum absolute atomic E-state index is 0.0764. The zero-order valence-corrected chi connectivity index (χ0v) is 7.84. The molecule has 0 amide bonds. The average Bonchev–Trinajstić information content (AvgIpc) is 2.06. The van der Waals surface area contributed by atoms with Crippen LogP contribution in [0.1, 0.15) is 19.3 Å². The summed E-state index contributed by atoms with van der Waals surface area (Å²) in [4.78, 5) is 2.17. The standard InChI is InChI=1S/C9H16N2O/c1-11(2)9(3-6-10)4-7-12-8-5-9/h3-5,7-8H2,1-2H3. The molecule has 3 nitrogen and oxygen atoms in total. The molecule has 0 N–H and O–H groups in total. The normalized spacial score (nSPS) is 22.2. The molecule has 0 aliphatic carbocycles. The number of rotatable bonds is 2. The van der Waals surface area contributed by atoms with E-state index < -0.39 is 0 Å². The summed E-state index contributed by atoms with van der Waals surface area (Å²) in [7, 11) is 4.09. The van der Waals surface area contributed by atoms with E-state index in [0.717, 1.165) is 26.1 Å². The number of hydrogen-bond donors (Lipinski definition) is 0. The fraction of sp³-hybridized carbons (Fsp3) is 0.889. The van der Waals surface area contributed by atoms with Gasteiger partial charge in [-0.2, -0.15) is 5.26 Å². The predicted octanol–water partition coefficient (Wildman–Crippen LogP) is 1.01. The van der Waals surface area contributed by atoms with Crippen LogP contribution < -0.4 is 0 Å². The zero-order valence-electron chi connectivity index (χ0n) is 7.84. The fourth-order valence-electron chi connectivity index (χ4n) is 1.68. The van der Waals surface area contributed by atoms with Gasteiger partial charge in [0.05, 0.1) is 12.5 Å². The van der Waals surface area contributed by atoms with Crippen molar-refractivity contribution >= 4 is 0 Å². The van der Waals surface area contributed by atoms with E-state index >= 15 is 0 Å². The summed E-state index contributed by atoms with van der Waals surface area (Å²) < 4.78 is 5.29. The van der Waals surface area contributed by atoms with Crippen LogP contribution in [0.2, 0.25) is 0 Å². The lowest BCUT2D eigenvalue weighted by molar-refractivity contribution is -0.00513. The van der Waals surface area contributed by atoms with E-state index in [9.17, 15) is 0 Å². The zero-order chi connectivity index (χ0) is 9.03. The van der Waals surface area contributed by atoms with Gasteiger partial charge in [-0.1, -0.05) is 0 Å². The quantitative estimate of drug-likeness (QED) is 0.617. The van der Waals surface area contributed by atoms with Gasteiger partial charge < -0.3 is 9.64 Å². The third-order valence-electron chi connectivity index (χ3n) is 2.78. The van der Waals surface area contributed by atoms with Gasteiger partial charge in [0.2, 0.25) is 0 Å². The van der Waals surface area contributed by atoms with Crippen LogP contribution in [0, 0.1) is 11.3 Å².